The van der Waals surface area contributed by atoms with E-state index in [2.05, 4.69) is 5.32 Å². The lowest BCUT2D eigenvalue weighted by Gasteiger charge is -2.20. The van der Waals surface area contributed by atoms with Gasteiger partial charge in [0.2, 0.25) is 5.91 Å². The molecule has 3 nitrogen and oxygen atoms in total. The van der Waals surface area contributed by atoms with E-state index in [1.165, 1.54) is 0 Å². The highest BCUT2D eigenvalue weighted by Gasteiger charge is 2.37. The molecule has 1 aliphatic carbocycles. The van der Waals surface area contributed by atoms with E-state index in [0.29, 0.717) is 5.92 Å². The molecule has 2 rings (SSSR count). The van der Waals surface area contributed by atoms with Crippen LogP contribution in [0.25, 0.3) is 0 Å². The number of carbonyl (C=O) groups excluding carboxylic acids is 1. The fourth-order valence-electron chi connectivity index (χ4n) is 2.30. The number of carbonyl (C=O) groups is 1. The van der Waals surface area contributed by atoms with Gasteiger partial charge in [-0.05, 0) is 30.7 Å². The molecule has 98 valence electrons. The van der Waals surface area contributed by atoms with Crippen LogP contribution in [0.3, 0.4) is 0 Å². The van der Waals surface area contributed by atoms with E-state index in [1.54, 1.807) is 0 Å². The van der Waals surface area contributed by atoms with Crippen LogP contribution >= 0.6 is 0 Å². The van der Waals surface area contributed by atoms with Crippen LogP contribution in [0.2, 0.25) is 0 Å². The van der Waals surface area contributed by atoms with Crippen molar-refractivity contribution in [3.05, 3.63) is 35.9 Å². The van der Waals surface area contributed by atoms with Gasteiger partial charge in [0.05, 0.1) is 18.6 Å². The van der Waals surface area contributed by atoms with Crippen LogP contribution in [0.1, 0.15) is 37.7 Å². The summed E-state index contributed by atoms with van der Waals surface area (Å²) in [4.78, 5) is 12.3. The smallest absolute Gasteiger partial charge is 0.228 e. The van der Waals surface area contributed by atoms with Crippen LogP contribution in [0.15, 0.2) is 30.3 Å². The number of nitrogens with one attached hydrogen (secondary N) is 1. The van der Waals surface area contributed by atoms with Gasteiger partial charge in [-0.1, -0.05) is 37.3 Å². The number of hydrogen-bond acceptors (Lipinski definition) is 2. The second kappa shape index (κ2) is 6.01. The standard InChI is InChI=1S/C15H21NO2/c1-2-13(10-17)16-15(18)14(12-8-9-12)11-6-4-3-5-7-11/h3-7,12-14,17H,2,8-10H2,1H3,(H,16,18)/t13-,14+/m0/s1. The highest BCUT2D eigenvalue weighted by molar-refractivity contribution is 5.84. The first-order valence-electron chi connectivity index (χ1n) is 6.72. The zero-order valence-electron chi connectivity index (χ0n) is 10.8. The zero-order valence-corrected chi connectivity index (χ0v) is 10.8. The van der Waals surface area contributed by atoms with Crippen molar-refractivity contribution < 1.29 is 9.90 Å². The van der Waals surface area contributed by atoms with Crippen LogP contribution in [0, 0.1) is 5.92 Å². The Morgan fingerprint density at radius 3 is 2.56 bits per heavy atom. The molecule has 3 heteroatoms. The second-order valence-corrected chi connectivity index (χ2v) is 5.02. The summed E-state index contributed by atoms with van der Waals surface area (Å²) in [6.07, 6.45) is 3.01. The minimum atomic E-state index is -0.123. The molecule has 1 aromatic carbocycles. The maximum absolute atomic E-state index is 12.3. The molecular weight excluding hydrogens is 226 g/mol. The second-order valence-electron chi connectivity index (χ2n) is 5.02. The molecular formula is C15H21NO2. The Balaban J connectivity index is 2.08. The highest BCUT2D eigenvalue weighted by atomic mass is 16.3. The predicted molar refractivity (Wildman–Crippen MR) is 71.2 cm³/mol. The summed E-state index contributed by atoms with van der Waals surface area (Å²) in [5.41, 5.74) is 1.09. The van der Waals surface area contributed by atoms with Crippen LogP contribution in [0.5, 0.6) is 0 Å². The van der Waals surface area contributed by atoms with E-state index in [1.807, 2.05) is 37.3 Å². The Morgan fingerprint density at radius 2 is 2.06 bits per heavy atom. The third kappa shape index (κ3) is 3.10. The minimum absolute atomic E-state index is 0.00835. The first-order chi connectivity index (χ1) is 8.76. The average Bonchev–Trinajstić information content (AvgIpc) is 3.22. The van der Waals surface area contributed by atoms with Gasteiger partial charge >= 0.3 is 0 Å². The molecule has 0 saturated heterocycles. The largest absolute Gasteiger partial charge is 0.394 e. The summed E-state index contributed by atoms with van der Waals surface area (Å²) in [5, 5.41) is 12.1. The molecule has 0 bridgehead atoms. The molecule has 0 unspecified atom stereocenters. The zero-order chi connectivity index (χ0) is 13.0. The maximum Gasteiger partial charge on any atom is 0.228 e. The molecule has 0 heterocycles. The number of rotatable bonds is 6. The molecule has 18 heavy (non-hydrogen) atoms. The molecule has 2 N–H and O–H groups in total. The summed E-state index contributed by atoms with van der Waals surface area (Å²) in [6, 6.07) is 9.82. The number of benzene rings is 1. The first-order valence-corrected chi connectivity index (χ1v) is 6.72. The molecule has 0 spiro atoms. The quantitative estimate of drug-likeness (QED) is 0.808. The van der Waals surface area contributed by atoms with Crippen molar-refractivity contribution in [1.82, 2.24) is 5.32 Å². The van der Waals surface area contributed by atoms with Crippen LogP contribution in [-0.2, 0) is 4.79 Å². The van der Waals surface area contributed by atoms with E-state index in [0.717, 1.165) is 24.8 Å². The van der Waals surface area contributed by atoms with E-state index in [9.17, 15) is 4.79 Å². The average molecular weight is 247 g/mol. The molecule has 2 atom stereocenters. The van der Waals surface area contributed by atoms with Crippen molar-refractivity contribution in [2.45, 2.75) is 38.1 Å². The monoisotopic (exact) mass is 247 g/mol. The summed E-state index contributed by atoms with van der Waals surface area (Å²) in [7, 11) is 0. The van der Waals surface area contributed by atoms with E-state index in [4.69, 9.17) is 5.11 Å². The van der Waals surface area contributed by atoms with Gasteiger partial charge in [-0.2, -0.15) is 0 Å². The Morgan fingerprint density at radius 1 is 1.39 bits per heavy atom. The molecule has 0 aliphatic heterocycles. The van der Waals surface area contributed by atoms with Gasteiger partial charge in [0, 0.05) is 0 Å². The number of amides is 1. The first kappa shape index (κ1) is 13.1. The Labute approximate surface area is 108 Å². The number of aliphatic hydroxyl groups excluding tert-OH is 1. The van der Waals surface area contributed by atoms with E-state index < -0.39 is 0 Å². The molecule has 0 aromatic heterocycles. The Hall–Kier alpha value is -1.35. The summed E-state index contributed by atoms with van der Waals surface area (Å²) in [5.74, 6) is 0.486. The molecule has 1 aliphatic rings. The summed E-state index contributed by atoms with van der Waals surface area (Å²) in [6.45, 7) is 1.98. The van der Waals surface area contributed by atoms with Crippen molar-refractivity contribution in [1.29, 1.82) is 0 Å². The predicted octanol–water partition coefficient (Wildman–Crippen LogP) is 2.07. The normalized spacial score (nSPS) is 18.1. The SMILES string of the molecule is CC[C@@H](CO)NC(=O)[C@H](c1ccccc1)C1CC1. The van der Waals surface area contributed by atoms with Gasteiger partial charge in [-0.3, -0.25) is 4.79 Å². The van der Waals surface area contributed by atoms with Crippen molar-refractivity contribution in [2.75, 3.05) is 6.61 Å². The van der Waals surface area contributed by atoms with Crippen LogP contribution in [0.4, 0.5) is 0 Å². The lowest BCUT2D eigenvalue weighted by atomic mass is 9.93. The van der Waals surface area contributed by atoms with Crippen molar-refractivity contribution in [2.24, 2.45) is 5.92 Å². The third-order valence-electron chi connectivity index (χ3n) is 3.59. The maximum atomic E-state index is 12.3. The molecule has 1 aromatic rings. The highest BCUT2D eigenvalue weighted by Crippen LogP contribution is 2.42. The lowest BCUT2D eigenvalue weighted by Crippen LogP contribution is -2.40. The van der Waals surface area contributed by atoms with Crippen molar-refractivity contribution in [3.8, 4) is 0 Å². The fraction of sp³-hybridized carbons (Fsp3) is 0.533. The minimum Gasteiger partial charge on any atom is -0.394 e. The number of hydrogen-bond donors (Lipinski definition) is 2. The van der Waals surface area contributed by atoms with Crippen molar-refractivity contribution in [3.63, 3.8) is 0 Å². The van der Waals surface area contributed by atoms with Gasteiger partial charge in [-0.25, -0.2) is 0 Å². The third-order valence-corrected chi connectivity index (χ3v) is 3.59. The fourth-order valence-corrected chi connectivity index (χ4v) is 2.30. The van der Waals surface area contributed by atoms with E-state index in [-0.39, 0.29) is 24.5 Å². The van der Waals surface area contributed by atoms with E-state index >= 15 is 0 Å². The molecule has 1 saturated carbocycles. The molecule has 0 radical (unpaired) electrons. The van der Waals surface area contributed by atoms with Crippen molar-refractivity contribution >= 4 is 5.91 Å². The molecule has 1 amide bonds. The number of aliphatic hydroxyl groups is 1. The summed E-state index contributed by atoms with van der Waals surface area (Å²) < 4.78 is 0. The summed E-state index contributed by atoms with van der Waals surface area (Å²) >= 11 is 0. The van der Waals surface area contributed by atoms with Gasteiger partial charge in [0.1, 0.15) is 0 Å². The van der Waals surface area contributed by atoms with Crippen LogP contribution in [-0.4, -0.2) is 23.7 Å². The Bertz CT molecular complexity index is 383. The Kier molecular flexibility index (Phi) is 4.37. The van der Waals surface area contributed by atoms with Gasteiger partial charge in [0.15, 0.2) is 0 Å². The lowest BCUT2D eigenvalue weighted by molar-refractivity contribution is -0.124. The van der Waals surface area contributed by atoms with Gasteiger partial charge in [0.25, 0.3) is 0 Å². The van der Waals surface area contributed by atoms with Gasteiger partial charge < -0.3 is 10.4 Å². The molecule has 1 fully saturated rings. The van der Waals surface area contributed by atoms with Crippen LogP contribution < -0.4 is 5.32 Å². The topological polar surface area (TPSA) is 49.3 Å². The van der Waals surface area contributed by atoms with Gasteiger partial charge in [-0.15, -0.1) is 0 Å².